The molecule has 0 aliphatic rings. The zero-order valence-electron chi connectivity index (χ0n) is 10.4. The quantitative estimate of drug-likeness (QED) is 0.687. The van der Waals surface area contributed by atoms with E-state index in [-0.39, 0.29) is 4.90 Å². The van der Waals surface area contributed by atoms with E-state index in [1.54, 1.807) is 18.2 Å². The number of sulfonamides is 1. The molecule has 0 heterocycles. The van der Waals surface area contributed by atoms with Crippen molar-refractivity contribution in [2.75, 3.05) is 0 Å². The van der Waals surface area contributed by atoms with Gasteiger partial charge in [-0.25, -0.2) is 4.83 Å². The van der Waals surface area contributed by atoms with Gasteiger partial charge in [0.1, 0.15) is 0 Å². The van der Waals surface area contributed by atoms with Crippen LogP contribution in [0.5, 0.6) is 0 Å². The predicted molar refractivity (Wildman–Crippen MR) is 75.5 cm³/mol. The average molecular weight is 274 g/mol. The van der Waals surface area contributed by atoms with Gasteiger partial charge in [0.05, 0.1) is 11.1 Å². The summed E-state index contributed by atoms with van der Waals surface area (Å²) >= 11 is 0. The van der Waals surface area contributed by atoms with E-state index >= 15 is 0 Å². The first kappa shape index (κ1) is 13.3. The van der Waals surface area contributed by atoms with Crippen molar-refractivity contribution in [1.82, 2.24) is 4.83 Å². The average Bonchev–Trinajstić information content (AvgIpc) is 2.42. The van der Waals surface area contributed by atoms with Gasteiger partial charge in [-0.2, -0.15) is 13.5 Å². The predicted octanol–water partition coefficient (Wildman–Crippen LogP) is 2.31. The Labute approximate surface area is 112 Å². The molecule has 0 spiro atoms. The molecule has 2 aromatic carbocycles. The molecule has 5 heteroatoms. The van der Waals surface area contributed by atoms with Crippen LogP contribution in [0.25, 0.3) is 0 Å². The van der Waals surface area contributed by atoms with Gasteiger partial charge in [0.15, 0.2) is 0 Å². The monoisotopic (exact) mass is 274 g/mol. The van der Waals surface area contributed by atoms with E-state index < -0.39 is 10.0 Å². The van der Waals surface area contributed by atoms with Gasteiger partial charge in [-0.3, -0.25) is 0 Å². The van der Waals surface area contributed by atoms with Gasteiger partial charge in [0.2, 0.25) is 0 Å². The Balaban J connectivity index is 2.13. The van der Waals surface area contributed by atoms with Gasteiger partial charge in [0.25, 0.3) is 10.0 Å². The molecule has 2 rings (SSSR count). The van der Waals surface area contributed by atoms with Crippen LogP contribution in [-0.2, 0) is 10.0 Å². The van der Waals surface area contributed by atoms with Crippen molar-refractivity contribution in [3.8, 4) is 0 Å². The molecule has 2 aromatic rings. The highest BCUT2D eigenvalue weighted by molar-refractivity contribution is 7.89. The van der Waals surface area contributed by atoms with Crippen molar-refractivity contribution in [3.63, 3.8) is 0 Å². The molecule has 0 saturated carbocycles. The minimum absolute atomic E-state index is 0.192. The van der Waals surface area contributed by atoms with E-state index in [9.17, 15) is 8.42 Å². The summed E-state index contributed by atoms with van der Waals surface area (Å²) in [7, 11) is -3.59. The Morgan fingerprint density at radius 2 is 1.63 bits per heavy atom. The van der Waals surface area contributed by atoms with Crippen molar-refractivity contribution < 1.29 is 8.42 Å². The number of hydrazone groups is 1. The summed E-state index contributed by atoms with van der Waals surface area (Å²) in [6.07, 6.45) is 1.50. The number of hydrogen-bond donors (Lipinski definition) is 1. The van der Waals surface area contributed by atoms with Crippen LogP contribution in [0.3, 0.4) is 0 Å². The van der Waals surface area contributed by atoms with Crippen molar-refractivity contribution in [2.24, 2.45) is 5.10 Å². The zero-order chi connectivity index (χ0) is 13.7. The lowest BCUT2D eigenvalue weighted by atomic mass is 10.1. The van der Waals surface area contributed by atoms with Crippen molar-refractivity contribution >= 4 is 16.2 Å². The van der Waals surface area contributed by atoms with Crippen molar-refractivity contribution in [1.29, 1.82) is 0 Å². The molecule has 0 bridgehead atoms. The highest BCUT2D eigenvalue weighted by Gasteiger charge is 2.10. The second kappa shape index (κ2) is 5.67. The number of hydrogen-bond acceptors (Lipinski definition) is 3. The largest absolute Gasteiger partial charge is 0.276 e. The van der Waals surface area contributed by atoms with E-state index in [0.717, 1.165) is 11.1 Å². The van der Waals surface area contributed by atoms with Crippen LogP contribution in [0.2, 0.25) is 0 Å². The zero-order valence-corrected chi connectivity index (χ0v) is 11.3. The summed E-state index contributed by atoms with van der Waals surface area (Å²) in [6.45, 7) is 1.94. The number of rotatable bonds is 4. The summed E-state index contributed by atoms with van der Waals surface area (Å²) < 4.78 is 23.8. The molecular weight excluding hydrogens is 260 g/mol. The maximum absolute atomic E-state index is 11.9. The third-order valence-electron chi connectivity index (χ3n) is 2.62. The molecule has 0 aromatic heterocycles. The summed E-state index contributed by atoms with van der Waals surface area (Å²) in [4.78, 5) is 2.38. The minimum Gasteiger partial charge on any atom is -0.200 e. The Bertz CT molecular complexity index is 680. The van der Waals surface area contributed by atoms with Gasteiger partial charge < -0.3 is 0 Å². The fraction of sp³-hybridized carbons (Fsp3) is 0.0714. The third-order valence-corrected chi connectivity index (χ3v) is 3.86. The van der Waals surface area contributed by atoms with Crippen LogP contribution < -0.4 is 4.83 Å². The Kier molecular flexibility index (Phi) is 3.97. The molecule has 19 heavy (non-hydrogen) atoms. The van der Waals surface area contributed by atoms with Crippen LogP contribution in [-0.4, -0.2) is 14.6 Å². The Morgan fingerprint density at radius 1 is 1.00 bits per heavy atom. The highest BCUT2D eigenvalue weighted by Crippen LogP contribution is 2.07. The van der Waals surface area contributed by atoms with Crippen LogP contribution in [0.1, 0.15) is 11.1 Å². The molecule has 0 aliphatic heterocycles. The second-order valence-corrected chi connectivity index (χ2v) is 5.68. The smallest absolute Gasteiger partial charge is 0.200 e. The molecule has 0 fully saturated rings. The SMILES string of the molecule is Cc1ccccc1/C=N/NS(=O)(=O)c1ccccc1. The number of aryl methyl sites for hydroxylation is 1. The first-order valence-electron chi connectivity index (χ1n) is 5.75. The van der Waals surface area contributed by atoms with E-state index in [1.807, 2.05) is 31.2 Å². The fourth-order valence-corrected chi connectivity index (χ4v) is 2.36. The molecule has 0 aliphatic carbocycles. The fourth-order valence-electron chi connectivity index (χ4n) is 1.55. The summed E-state index contributed by atoms with van der Waals surface area (Å²) in [6, 6.07) is 15.7. The van der Waals surface area contributed by atoms with Gasteiger partial charge >= 0.3 is 0 Å². The molecule has 0 amide bonds. The number of nitrogens with zero attached hydrogens (tertiary/aromatic N) is 1. The van der Waals surface area contributed by atoms with E-state index in [2.05, 4.69) is 9.93 Å². The normalized spacial score (nSPS) is 11.6. The lowest BCUT2D eigenvalue weighted by Gasteiger charge is -2.03. The molecule has 98 valence electrons. The molecule has 0 radical (unpaired) electrons. The minimum atomic E-state index is -3.59. The van der Waals surface area contributed by atoms with E-state index in [0.29, 0.717) is 0 Å². The Hall–Kier alpha value is -2.14. The molecule has 0 unspecified atom stereocenters. The Morgan fingerprint density at radius 3 is 2.32 bits per heavy atom. The standard InChI is InChI=1S/C14H14N2O2S/c1-12-7-5-6-8-13(12)11-15-16-19(17,18)14-9-3-2-4-10-14/h2-11,16H,1H3/b15-11+. The van der Waals surface area contributed by atoms with Crippen LogP contribution in [0, 0.1) is 6.92 Å². The molecule has 1 N–H and O–H groups in total. The molecule has 0 saturated heterocycles. The molecular formula is C14H14N2O2S. The van der Waals surface area contributed by atoms with E-state index in [1.165, 1.54) is 18.3 Å². The second-order valence-electron chi connectivity index (χ2n) is 4.02. The maximum atomic E-state index is 11.9. The third kappa shape index (κ3) is 3.42. The van der Waals surface area contributed by atoms with Crippen LogP contribution in [0.4, 0.5) is 0 Å². The first-order chi connectivity index (χ1) is 9.09. The molecule has 4 nitrogen and oxygen atoms in total. The van der Waals surface area contributed by atoms with Crippen molar-refractivity contribution in [3.05, 3.63) is 65.7 Å². The van der Waals surface area contributed by atoms with Gasteiger partial charge in [-0.05, 0) is 30.2 Å². The molecule has 0 atom stereocenters. The van der Waals surface area contributed by atoms with E-state index in [4.69, 9.17) is 0 Å². The van der Waals surface area contributed by atoms with Crippen molar-refractivity contribution in [2.45, 2.75) is 11.8 Å². The topological polar surface area (TPSA) is 58.5 Å². The van der Waals surface area contributed by atoms with Gasteiger partial charge in [-0.1, -0.05) is 42.5 Å². The lowest BCUT2D eigenvalue weighted by molar-refractivity contribution is 0.584. The highest BCUT2D eigenvalue weighted by atomic mass is 32.2. The summed E-state index contributed by atoms with van der Waals surface area (Å²) in [5, 5.41) is 3.79. The van der Waals surface area contributed by atoms with Gasteiger partial charge in [0, 0.05) is 0 Å². The lowest BCUT2D eigenvalue weighted by Crippen LogP contribution is -2.18. The van der Waals surface area contributed by atoms with Gasteiger partial charge in [-0.15, -0.1) is 0 Å². The summed E-state index contributed by atoms with van der Waals surface area (Å²) in [5.74, 6) is 0. The number of nitrogens with one attached hydrogen (secondary N) is 1. The summed E-state index contributed by atoms with van der Waals surface area (Å²) in [5.41, 5.74) is 1.91. The van der Waals surface area contributed by atoms with Crippen LogP contribution in [0.15, 0.2) is 64.6 Å². The first-order valence-corrected chi connectivity index (χ1v) is 7.23. The number of benzene rings is 2. The maximum Gasteiger partial charge on any atom is 0.276 e. The van der Waals surface area contributed by atoms with Crippen LogP contribution >= 0.6 is 0 Å².